The summed E-state index contributed by atoms with van der Waals surface area (Å²) in [6.45, 7) is 5.06. The molecule has 0 saturated carbocycles. The lowest BCUT2D eigenvalue weighted by Gasteiger charge is -2.19. The second kappa shape index (κ2) is 11.6. The van der Waals surface area contributed by atoms with Crippen LogP contribution in [-0.2, 0) is 18.9 Å². The Balaban J connectivity index is 2.02. The molecule has 0 aliphatic carbocycles. The Bertz CT molecular complexity index is 351. The van der Waals surface area contributed by atoms with Crippen molar-refractivity contribution < 1.29 is 18.9 Å². The van der Waals surface area contributed by atoms with Gasteiger partial charge in [-0.15, -0.1) is 0 Å². The maximum absolute atomic E-state index is 5.90. The number of hydrogen-bond donors (Lipinski definition) is 2. The average Bonchev–Trinajstić information content (AvgIpc) is 2.50. The standard InChI is InChI=1S/C15H26N2O4/c1-2-18-8-9-19-10-11-20-12-14(16)21-15(17)13-6-4-3-5-7-13/h3-7,14-15H,2,8-12,16-17H2,1H3. The minimum absolute atomic E-state index is 0.273. The lowest BCUT2D eigenvalue weighted by Crippen LogP contribution is -2.34. The van der Waals surface area contributed by atoms with E-state index in [1.165, 1.54) is 0 Å². The third-order valence-electron chi connectivity index (χ3n) is 2.68. The third-order valence-corrected chi connectivity index (χ3v) is 2.68. The van der Waals surface area contributed by atoms with Crippen molar-refractivity contribution in [3.05, 3.63) is 35.9 Å². The summed E-state index contributed by atoms with van der Waals surface area (Å²) < 4.78 is 21.3. The van der Waals surface area contributed by atoms with Gasteiger partial charge >= 0.3 is 0 Å². The fraction of sp³-hybridized carbons (Fsp3) is 0.600. The lowest BCUT2D eigenvalue weighted by atomic mass is 10.2. The van der Waals surface area contributed by atoms with Crippen LogP contribution in [-0.4, -0.2) is 45.9 Å². The van der Waals surface area contributed by atoms with Gasteiger partial charge < -0.3 is 30.4 Å². The first-order valence-corrected chi connectivity index (χ1v) is 7.18. The van der Waals surface area contributed by atoms with Crippen molar-refractivity contribution in [1.29, 1.82) is 0 Å². The van der Waals surface area contributed by atoms with Gasteiger partial charge in [-0.2, -0.15) is 0 Å². The van der Waals surface area contributed by atoms with Crippen LogP contribution < -0.4 is 11.5 Å². The molecule has 0 bridgehead atoms. The monoisotopic (exact) mass is 298 g/mol. The van der Waals surface area contributed by atoms with Crippen LogP contribution in [0.25, 0.3) is 0 Å². The van der Waals surface area contributed by atoms with Gasteiger partial charge in [0, 0.05) is 6.61 Å². The van der Waals surface area contributed by atoms with Crippen LogP contribution in [0.1, 0.15) is 18.7 Å². The van der Waals surface area contributed by atoms with E-state index in [2.05, 4.69) is 0 Å². The molecule has 2 unspecified atom stereocenters. The molecular weight excluding hydrogens is 272 g/mol. The van der Waals surface area contributed by atoms with E-state index in [-0.39, 0.29) is 6.61 Å². The Labute approximate surface area is 126 Å². The van der Waals surface area contributed by atoms with Crippen molar-refractivity contribution in [1.82, 2.24) is 0 Å². The summed E-state index contributed by atoms with van der Waals surface area (Å²) in [5.74, 6) is 0. The summed E-state index contributed by atoms with van der Waals surface area (Å²) in [5.41, 5.74) is 12.6. The zero-order valence-corrected chi connectivity index (χ0v) is 12.6. The molecule has 0 heterocycles. The molecule has 1 rings (SSSR count). The molecule has 6 heteroatoms. The Hall–Kier alpha value is -1.02. The number of rotatable bonds is 12. The fourth-order valence-corrected chi connectivity index (χ4v) is 1.63. The largest absolute Gasteiger partial charge is 0.379 e. The fourth-order valence-electron chi connectivity index (χ4n) is 1.63. The van der Waals surface area contributed by atoms with Crippen LogP contribution in [0.3, 0.4) is 0 Å². The smallest absolute Gasteiger partial charge is 0.134 e. The van der Waals surface area contributed by atoms with Crippen molar-refractivity contribution in [2.45, 2.75) is 19.4 Å². The predicted molar refractivity (Wildman–Crippen MR) is 80.6 cm³/mol. The van der Waals surface area contributed by atoms with Gasteiger partial charge in [0.05, 0.1) is 33.0 Å². The highest BCUT2D eigenvalue weighted by molar-refractivity contribution is 5.16. The minimum Gasteiger partial charge on any atom is -0.379 e. The Kier molecular flexibility index (Phi) is 9.98. The Morgan fingerprint density at radius 1 is 0.905 bits per heavy atom. The van der Waals surface area contributed by atoms with E-state index >= 15 is 0 Å². The van der Waals surface area contributed by atoms with Crippen molar-refractivity contribution in [2.75, 3.05) is 39.6 Å². The zero-order valence-electron chi connectivity index (χ0n) is 12.6. The molecular formula is C15H26N2O4. The van der Waals surface area contributed by atoms with Gasteiger partial charge in [-0.1, -0.05) is 30.3 Å². The van der Waals surface area contributed by atoms with E-state index in [9.17, 15) is 0 Å². The predicted octanol–water partition coefficient (Wildman–Crippen LogP) is 1.02. The second-order valence-electron chi connectivity index (χ2n) is 4.39. The molecule has 0 aliphatic heterocycles. The van der Waals surface area contributed by atoms with Crippen molar-refractivity contribution in [2.24, 2.45) is 11.5 Å². The van der Waals surface area contributed by atoms with Gasteiger partial charge in [0.25, 0.3) is 0 Å². The van der Waals surface area contributed by atoms with Crippen LogP contribution in [0.5, 0.6) is 0 Å². The van der Waals surface area contributed by atoms with Gasteiger partial charge in [0.2, 0.25) is 0 Å². The van der Waals surface area contributed by atoms with E-state index in [0.717, 1.165) is 5.56 Å². The summed E-state index contributed by atoms with van der Waals surface area (Å²) in [4.78, 5) is 0. The van der Waals surface area contributed by atoms with E-state index in [0.29, 0.717) is 33.0 Å². The molecule has 0 radical (unpaired) electrons. The highest BCUT2D eigenvalue weighted by atomic mass is 16.6. The number of ether oxygens (including phenoxy) is 4. The first-order valence-electron chi connectivity index (χ1n) is 7.18. The summed E-state index contributed by atoms with van der Waals surface area (Å²) >= 11 is 0. The van der Waals surface area contributed by atoms with Gasteiger partial charge in [0.15, 0.2) is 0 Å². The van der Waals surface area contributed by atoms with Gasteiger partial charge in [-0.3, -0.25) is 0 Å². The van der Waals surface area contributed by atoms with Crippen LogP contribution in [0.15, 0.2) is 30.3 Å². The molecule has 6 nitrogen and oxygen atoms in total. The van der Waals surface area contributed by atoms with Crippen LogP contribution in [0.2, 0.25) is 0 Å². The topological polar surface area (TPSA) is 89.0 Å². The summed E-state index contributed by atoms with van der Waals surface area (Å²) in [7, 11) is 0. The van der Waals surface area contributed by atoms with Gasteiger partial charge in [-0.05, 0) is 12.5 Å². The van der Waals surface area contributed by atoms with E-state index in [1.54, 1.807) is 0 Å². The first-order chi connectivity index (χ1) is 10.2. The normalized spacial score (nSPS) is 14.0. The summed E-state index contributed by atoms with van der Waals surface area (Å²) in [6, 6.07) is 9.51. The maximum Gasteiger partial charge on any atom is 0.134 e. The minimum atomic E-state index is -0.566. The van der Waals surface area contributed by atoms with Crippen molar-refractivity contribution in [3.8, 4) is 0 Å². The molecule has 2 atom stereocenters. The average molecular weight is 298 g/mol. The van der Waals surface area contributed by atoms with Crippen molar-refractivity contribution >= 4 is 0 Å². The molecule has 0 aliphatic rings. The number of benzene rings is 1. The quantitative estimate of drug-likeness (QED) is 0.442. The molecule has 1 aromatic rings. The van der Waals surface area contributed by atoms with Crippen LogP contribution >= 0.6 is 0 Å². The first kappa shape index (κ1) is 18.0. The zero-order chi connectivity index (χ0) is 15.3. The van der Waals surface area contributed by atoms with E-state index in [1.807, 2.05) is 37.3 Å². The number of hydrogen-bond acceptors (Lipinski definition) is 6. The maximum atomic E-state index is 5.90. The van der Waals surface area contributed by atoms with Gasteiger partial charge in [0.1, 0.15) is 12.5 Å². The molecule has 4 N–H and O–H groups in total. The molecule has 0 fully saturated rings. The summed E-state index contributed by atoms with van der Waals surface area (Å²) in [5, 5.41) is 0. The van der Waals surface area contributed by atoms with E-state index < -0.39 is 12.5 Å². The molecule has 1 aromatic carbocycles. The molecule has 0 amide bonds. The van der Waals surface area contributed by atoms with Gasteiger partial charge in [-0.25, -0.2) is 0 Å². The summed E-state index contributed by atoms with van der Waals surface area (Å²) in [6.07, 6.45) is -1.11. The Morgan fingerprint density at radius 2 is 1.52 bits per heavy atom. The molecule has 0 aromatic heterocycles. The third kappa shape index (κ3) is 8.77. The highest BCUT2D eigenvalue weighted by Crippen LogP contribution is 2.11. The van der Waals surface area contributed by atoms with Crippen LogP contribution in [0, 0.1) is 0 Å². The molecule has 21 heavy (non-hydrogen) atoms. The van der Waals surface area contributed by atoms with E-state index in [4.69, 9.17) is 30.4 Å². The molecule has 120 valence electrons. The molecule has 0 saturated heterocycles. The van der Waals surface area contributed by atoms with Crippen LogP contribution in [0.4, 0.5) is 0 Å². The SMILES string of the molecule is CCOCCOCCOCC(N)OC(N)c1ccccc1. The number of nitrogens with two attached hydrogens (primary N) is 2. The van der Waals surface area contributed by atoms with Crippen molar-refractivity contribution in [3.63, 3.8) is 0 Å². The second-order valence-corrected chi connectivity index (χ2v) is 4.39. The Morgan fingerprint density at radius 3 is 2.19 bits per heavy atom. The highest BCUT2D eigenvalue weighted by Gasteiger charge is 2.11. The lowest BCUT2D eigenvalue weighted by molar-refractivity contribution is -0.0631. The molecule has 0 spiro atoms.